The van der Waals surface area contributed by atoms with Crippen molar-refractivity contribution in [2.24, 2.45) is 10.9 Å². The van der Waals surface area contributed by atoms with E-state index in [1.54, 1.807) is 20.8 Å². The monoisotopic (exact) mass is 328 g/mol. The molecule has 0 saturated heterocycles. The van der Waals surface area contributed by atoms with Gasteiger partial charge in [-0.3, -0.25) is 4.79 Å². The SMILES string of the molecule is CC(C)(C)OC(=O)C(C)(C)ON=C(C(N)=O)c1csc(N)n1. The van der Waals surface area contributed by atoms with Crippen LogP contribution in [-0.2, 0) is 19.2 Å². The molecule has 0 saturated carbocycles. The highest BCUT2D eigenvalue weighted by Gasteiger charge is 2.35. The number of amides is 1. The topological polar surface area (TPSA) is 130 Å². The van der Waals surface area contributed by atoms with E-state index in [1.165, 1.54) is 19.2 Å². The van der Waals surface area contributed by atoms with E-state index < -0.39 is 23.1 Å². The van der Waals surface area contributed by atoms with E-state index in [0.29, 0.717) is 0 Å². The Morgan fingerprint density at radius 2 is 1.86 bits per heavy atom. The third-order valence-electron chi connectivity index (χ3n) is 2.25. The number of hydrogen-bond donors (Lipinski definition) is 2. The van der Waals surface area contributed by atoms with E-state index >= 15 is 0 Å². The lowest BCUT2D eigenvalue weighted by molar-refractivity contribution is -0.179. The molecule has 0 aliphatic heterocycles. The molecule has 0 radical (unpaired) electrons. The Morgan fingerprint density at radius 1 is 1.27 bits per heavy atom. The van der Waals surface area contributed by atoms with Gasteiger partial charge in [-0.05, 0) is 34.6 Å². The number of anilines is 1. The number of oxime groups is 1. The van der Waals surface area contributed by atoms with Gasteiger partial charge < -0.3 is 21.0 Å². The summed E-state index contributed by atoms with van der Waals surface area (Å²) < 4.78 is 5.22. The highest BCUT2D eigenvalue weighted by atomic mass is 32.1. The summed E-state index contributed by atoms with van der Waals surface area (Å²) in [7, 11) is 0. The lowest BCUT2D eigenvalue weighted by Crippen LogP contribution is -2.40. The first-order valence-electron chi connectivity index (χ1n) is 6.43. The molecule has 0 fully saturated rings. The molecule has 0 aliphatic carbocycles. The standard InChI is InChI=1S/C13H20N4O4S/c1-12(2,3)20-10(19)13(4,5)21-17-8(9(14)18)7-6-22-11(15)16-7/h6H,1-5H3,(H2,14,18)(H2,15,16). The molecule has 122 valence electrons. The summed E-state index contributed by atoms with van der Waals surface area (Å²) in [4.78, 5) is 32.5. The fraction of sp³-hybridized carbons (Fsp3) is 0.538. The summed E-state index contributed by atoms with van der Waals surface area (Å²) in [5.41, 5.74) is 8.65. The van der Waals surface area contributed by atoms with Gasteiger partial charge >= 0.3 is 5.97 Å². The minimum Gasteiger partial charge on any atom is -0.457 e. The summed E-state index contributed by atoms with van der Waals surface area (Å²) in [6.45, 7) is 8.14. The number of rotatable bonds is 5. The third-order valence-corrected chi connectivity index (χ3v) is 2.93. The fourth-order valence-electron chi connectivity index (χ4n) is 1.21. The van der Waals surface area contributed by atoms with Crippen molar-refractivity contribution in [2.75, 3.05) is 5.73 Å². The van der Waals surface area contributed by atoms with Gasteiger partial charge in [0.15, 0.2) is 10.8 Å². The van der Waals surface area contributed by atoms with E-state index in [-0.39, 0.29) is 16.5 Å². The van der Waals surface area contributed by atoms with E-state index in [1.807, 2.05) is 0 Å². The molecule has 0 aromatic carbocycles. The Morgan fingerprint density at radius 3 is 2.27 bits per heavy atom. The summed E-state index contributed by atoms with van der Waals surface area (Å²) in [6.07, 6.45) is 0. The molecule has 0 aliphatic rings. The molecule has 22 heavy (non-hydrogen) atoms. The van der Waals surface area contributed by atoms with Crippen LogP contribution in [0, 0.1) is 0 Å². The molecule has 8 nitrogen and oxygen atoms in total. The Bertz CT molecular complexity index is 601. The van der Waals surface area contributed by atoms with Crippen LogP contribution < -0.4 is 11.5 Å². The first-order chi connectivity index (χ1) is 9.92. The van der Waals surface area contributed by atoms with Crippen LogP contribution in [0.15, 0.2) is 10.5 Å². The first kappa shape index (κ1) is 17.9. The van der Waals surface area contributed by atoms with Gasteiger partial charge in [0.25, 0.3) is 5.91 Å². The van der Waals surface area contributed by atoms with E-state index in [9.17, 15) is 9.59 Å². The van der Waals surface area contributed by atoms with Crippen LogP contribution in [0.5, 0.6) is 0 Å². The van der Waals surface area contributed by atoms with Crippen LogP contribution >= 0.6 is 11.3 Å². The maximum Gasteiger partial charge on any atom is 0.353 e. The molecule has 4 N–H and O–H groups in total. The largest absolute Gasteiger partial charge is 0.457 e. The van der Waals surface area contributed by atoms with E-state index in [0.717, 1.165) is 11.3 Å². The highest BCUT2D eigenvalue weighted by Crippen LogP contribution is 2.19. The van der Waals surface area contributed by atoms with Crippen LogP contribution in [0.4, 0.5) is 5.13 Å². The summed E-state index contributed by atoms with van der Waals surface area (Å²) in [6, 6.07) is 0. The number of ether oxygens (including phenoxy) is 1. The van der Waals surface area contributed by atoms with Crippen LogP contribution in [0.2, 0.25) is 0 Å². The lowest BCUT2D eigenvalue weighted by Gasteiger charge is -2.26. The second kappa shape index (κ2) is 6.30. The maximum absolute atomic E-state index is 12.0. The van der Waals surface area contributed by atoms with Gasteiger partial charge in [0.05, 0.1) is 0 Å². The average Bonchev–Trinajstić information content (AvgIpc) is 2.73. The minimum absolute atomic E-state index is 0.190. The molecular weight excluding hydrogens is 308 g/mol. The third kappa shape index (κ3) is 4.99. The molecule has 1 aromatic rings. The molecule has 1 heterocycles. The quantitative estimate of drug-likeness (QED) is 0.472. The molecule has 9 heteroatoms. The summed E-state index contributed by atoms with van der Waals surface area (Å²) in [5.74, 6) is -1.46. The zero-order valence-electron chi connectivity index (χ0n) is 13.2. The number of esters is 1. The normalized spacial score (nSPS) is 12.9. The van der Waals surface area contributed by atoms with E-state index in [2.05, 4.69) is 10.1 Å². The smallest absolute Gasteiger partial charge is 0.353 e. The Kier molecular flexibility index (Phi) is 5.13. The van der Waals surface area contributed by atoms with Crippen molar-refractivity contribution < 1.29 is 19.2 Å². The van der Waals surface area contributed by atoms with Crippen molar-refractivity contribution in [3.05, 3.63) is 11.1 Å². The number of thiazole rings is 1. The molecule has 0 spiro atoms. The van der Waals surface area contributed by atoms with Crippen molar-refractivity contribution in [1.29, 1.82) is 0 Å². The summed E-state index contributed by atoms with van der Waals surface area (Å²) in [5, 5.41) is 5.44. The number of nitrogens with two attached hydrogens (primary N) is 2. The number of aromatic nitrogens is 1. The average molecular weight is 328 g/mol. The number of nitrogen functional groups attached to an aromatic ring is 1. The van der Waals surface area contributed by atoms with Crippen molar-refractivity contribution in [3.8, 4) is 0 Å². The molecular formula is C13H20N4O4S. The molecule has 1 aromatic heterocycles. The van der Waals surface area contributed by atoms with Crippen molar-refractivity contribution in [1.82, 2.24) is 4.98 Å². The van der Waals surface area contributed by atoms with Crippen LogP contribution in [0.25, 0.3) is 0 Å². The molecule has 0 atom stereocenters. The molecule has 1 amide bonds. The van der Waals surface area contributed by atoms with Gasteiger partial charge in [-0.2, -0.15) is 0 Å². The Hall–Kier alpha value is -2.16. The van der Waals surface area contributed by atoms with Gasteiger partial charge in [0, 0.05) is 5.38 Å². The highest BCUT2D eigenvalue weighted by molar-refractivity contribution is 7.13. The van der Waals surface area contributed by atoms with Gasteiger partial charge in [0.1, 0.15) is 11.3 Å². The first-order valence-corrected chi connectivity index (χ1v) is 7.31. The van der Waals surface area contributed by atoms with E-state index in [4.69, 9.17) is 21.0 Å². The Balaban J connectivity index is 2.94. The van der Waals surface area contributed by atoms with Crippen LogP contribution in [0.3, 0.4) is 0 Å². The Labute approximate surface area is 132 Å². The zero-order valence-corrected chi connectivity index (χ0v) is 14.0. The number of primary amides is 1. The second-order valence-corrected chi connectivity index (χ2v) is 6.87. The van der Waals surface area contributed by atoms with Gasteiger partial charge in [-0.1, -0.05) is 5.16 Å². The van der Waals surface area contributed by atoms with Gasteiger partial charge in [0.2, 0.25) is 5.60 Å². The lowest BCUT2D eigenvalue weighted by atomic mass is 10.1. The summed E-state index contributed by atoms with van der Waals surface area (Å²) >= 11 is 1.13. The van der Waals surface area contributed by atoms with Crippen molar-refractivity contribution in [2.45, 2.75) is 45.8 Å². The number of carbonyl (C=O) groups is 2. The number of hydrogen-bond acceptors (Lipinski definition) is 8. The maximum atomic E-state index is 12.0. The van der Waals surface area contributed by atoms with Crippen molar-refractivity contribution in [3.63, 3.8) is 0 Å². The fourth-order valence-corrected chi connectivity index (χ4v) is 1.76. The number of nitrogens with zero attached hydrogens (tertiary/aromatic N) is 2. The second-order valence-electron chi connectivity index (χ2n) is 5.98. The minimum atomic E-state index is -1.39. The number of carbonyl (C=O) groups excluding carboxylic acids is 2. The van der Waals surface area contributed by atoms with Crippen LogP contribution in [-0.4, -0.2) is 33.8 Å². The van der Waals surface area contributed by atoms with Gasteiger partial charge in [-0.25, -0.2) is 9.78 Å². The molecule has 0 bridgehead atoms. The predicted molar refractivity (Wildman–Crippen MR) is 83.3 cm³/mol. The van der Waals surface area contributed by atoms with Crippen LogP contribution in [0.1, 0.15) is 40.3 Å². The molecule has 1 rings (SSSR count). The predicted octanol–water partition coefficient (Wildman–Crippen LogP) is 1.05. The van der Waals surface area contributed by atoms with Gasteiger partial charge in [-0.15, -0.1) is 11.3 Å². The zero-order chi connectivity index (χ0) is 17.1. The molecule has 0 unspecified atom stereocenters. The van der Waals surface area contributed by atoms with Crippen molar-refractivity contribution >= 4 is 34.1 Å².